The fourth-order valence-corrected chi connectivity index (χ4v) is 3.48. The minimum Gasteiger partial charge on any atom is -0.339 e. The van der Waals surface area contributed by atoms with Gasteiger partial charge in [0.25, 0.3) is 5.91 Å². The first-order chi connectivity index (χ1) is 15.0. The Balaban J connectivity index is 1.67. The third-order valence-electron chi connectivity index (χ3n) is 5.16. The number of hydrogen-bond acceptors (Lipinski definition) is 3. The summed E-state index contributed by atoms with van der Waals surface area (Å²) in [6.45, 7) is 1.75. The third-order valence-corrected chi connectivity index (χ3v) is 5.16. The number of piperidine rings is 1. The standard InChI is InChI=1S/C22H21F4N3O3/c1-13(30)27-18-7-4-16(22(24,25)26)12-19(18)28-20(31)14-8-10-29(11-9-14)21(32)15-2-5-17(23)6-3-15/h2-7,12,14H,8-11H2,1H3,(H,27,30)(H,28,31). The maximum absolute atomic E-state index is 13.1. The first-order valence-corrected chi connectivity index (χ1v) is 9.89. The van der Waals surface area contributed by atoms with Crippen molar-refractivity contribution < 1.29 is 31.9 Å². The zero-order valence-corrected chi connectivity index (χ0v) is 17.1. The average molecular weight is 451 g/mol. The molecule has 3 rings (SSSR count). The molecule has 2 N–H and O–H groups in total. The van der Waals surface area contributed by atoms with Gasteiger partial charge in [-0.05, 0) is 55.3 Å². The number of amides is 3. The van der Waals surface area contributed by atoms with E-state index in [1.54, 1.807) is 4.90 Å². The van der Waals surface area contributed by atoms with Crippen LogP contribution < -0.4 is 10.6 Å². The van der Waals surface area contributed by atoms with Crippen molar-refractivity contribution in [3.05, 3.63) is 59.4 Å². The molecule has 0 aliphatic carbocycles. The average Bonchev–Trinajstić information content (AvgIpc) is 2.74. The van der Waals surface area contributed by atoms with Crippen LogP contribution in [0.15, 0.2) is 42.5 Å². The van der Waals surface area contributed by atoms with E-state index in [2.05, 4.69) is 10.6 Å². The van der Waals surface area contributed by atoms with Gasteiger partial charge in [-0.1, -0.05) is 0 Å². The number of anilines is 2. The Bertz CT molecular complexity index is 1010. The maximum atomic E-state index is 13.1. The van der Waals surface area contributed by atoms with E-state index in [-0.39, 0.29) is 30.4 Å². The highest BCUT2D eigenvalue weighted by Gasteiger charge is 2.32. The molecular weight excluding hydrogens is 430 g/mol. The lowest BCUT2D eigenvalue weighted by molar-refractivity contribution is -0.137. The topological polar surface area (TPSA) is 78.5 Å². The van der Waals surface area contributed by atoms with Crippen LogP contribution in [0, 0.1) is 11.7 Å². The number of carbonyl (C=O) groups excluding carboxylic acids is 3. The van der Waals surface area contributed by atoms with Gasteiger partial charge < -0.3 is 15.5 Å². The Morgan fingerprint density at radius 2 is 1.56 bits per heavy atom. The van der Waals surface area contributed by atoms with Crippen molar-refractivity contribution in [2.24, 2.45) is 5.92 Å². The highest BCUT2D eigenvalue weighted by molar-refractivity contribution is 6.00. The maximum Gasteiger partial charge on any atom is 0.416 e. The normalized spacial score (nSPS) is 14.7. The number of likely N-dealkylation sites (tertiary alicyclic amines) is 1. The molecule has 0 radical (unpaired) electrons. The molecule has 0 atom stereocenters. The summed E-state index contributed by atoms with van der Waals surface area (Å²) in [5, 5.41) is 4.89. The van der Waals surface area contributed by atoms with Crippen LogP contribution in [0.1, 0.15) is 35.7 Å². The Morgan fingerprint density at radius 1 is 0.938 bits per heavy atom. The monoisotopic (exact) mass is 451 g/mol. The zero-order valence-electron chi connectivity index (χ0n) is 17.1. The summed E-state index contributed by atoms with van der Waals surface area (Å²) in [4.78, 5) is 38.1. The highest BCUT2D eigenvalue weighted by Crippen LogP contribution is 2.34. The highest BCUT2D eigenvalue weighted by atomic mass is 19.4. The van der Waals surface area contributed by atoms with E-state index in [1.807, 2.05) is 0 Å². The molecule has 2 aromatic carbocycles. The van der Waals surface area contributed by atoms with Gasteiger partial charge in [0.05, 0.1) is 16.9 Å². The molecule has 170 valence electrons. The van der Waals surface area contributed by atoms with Crippen LogP contribution >= 0.6 is 0 Å². The van der Waals surface area contributed by atoms with Gasteiger partial charge in [-0.25, -0.2) is 4.39 Å². The van der Waals surface area contributed by atoms with E-state index in [4.69, 9.17) is 0 Å². The molecule has 1 saturated heterocycles. The molecule has 0 unspecified atom stereocenters. The van der Waals surface area contributed by atoms with Crippen molar-refractivity contribution in [2.45, 2.75) is 25.9 Å². The molecule has 0 aromatic heterocycles. The van der Waals surface area contributed by atoms with Crippen molar-refractivity contribution in [3.63, 3.8) is 0 Å². The van der Waals surface area contributed by atoms with Gasteiger partial charge in [0.15, 0.2) is 0 Å². The Kier molecular flexibility index (Phi) is 6.81. The number of hydrogen-bond donors (Lipinski definition) is 2. The summed E-state index contributed by atoms with van der Waals surface area (Å²) in [5.74, 6) is -2.25. The van der Waals surface area contributed by atoms with E-state index < -0.39 is 35.3 Å². The van der Waals surface area contributed by atoms with Gasteiger partial charge in [-0.2, -0.15) is 13.2 Å². The van der Waals surface area contributed by atoms with Gasteiger partial charge in [0, 0.05) is 31.5 Å². The zero-order chi connectivity index (χ0) is 23.5. The van der Waals surface area contributed by atoms with Gasteiger partial charge in [-0.3, -0.25) is 14.4 Å². The van der Waals surface area contributed by atoms with Crippen LogP contribution in [-0.2, 0) is 15.8 Å². The Hall–Kier alpha value is -3.43. The third kappa shape index (κ3) is 5.63. The lowest BCUT2D eigenvalue weighted by atomic mass is 9.95. The Morgan fingerprint density at radius 3 is 2.12 bits per heavy atom. The van der Waals surface area contributed by atoms with Gasteiger partial charge in [-0.15, -0.1) is 0 Å². The quantitative estimate of drug-likeness (QED) is 0.681. The van der Waals surface area contributed by atoms with Crippen LogP contribution in [0.4, 0.5) is 28.9 Å². The predicted octanol–water partition coefficient (Wildman–Crippen LogP) is 4.29. The molecule has 0 bridgehead atoms. The number of alkyl halides is 3. The largest absolute Gasteiger partial charge is 0.416 e. The molecule has 1 heterocycles. The second-order valence-electron chi connectivity index (χ2n) is 7.50. The molecule has 0 spiro atoms. The van der Waals surface area contributed by atoms with Crippen molar-refractivity contribution in [1.29, 1.82) is 0 Å². The van der Waals surface area contributed by atoms with Crippen molar-refractivity contribution in [2.75, 3.05) is 23.7 Å². The smallest absolute Gasteiger partial charge is 0.339 e. The number of benzene rings is 2. The molecule has 6 nitrogen and oxygen atoms in total. The number of nitrogens with one attached hydrogen (secondary N) is 2. The number of nitrogens with zero attached hydrogens (tertiary/aromatic N) is 1. The lowest BCUT2D eigenvalue weighted by Crippen LogP contribution is -2.41. The molecule has 1 fully saturated rings. The number of rotatable bonds is 4. The van der Waals surface area contributed by atoms with E-state index in [1.165, 1.54) is 31.2 Å². The molecular formula is C22H21F4N3O3. The van der Waals surface area contributed by atoms with Crippen molar-refractivity contribution >= 4 is 29.1 Å². The van der Waals surface area contributed by atoms with Crippen LogP contribution in [0.3, 0.4) is 0 Å². The molecule has 3 amide bonds. The predicted molar refractivity (Wildman–Crippen MR) is 109 cm³/mol. The van der Waals surface area contributed by atoms with Crippen LogP contribution in [0.25, 0.3) is 0 Å². The van der Waals surface area contributed by atoms with Crippen molar-refractivity contribution in [3.8, 4) is 0 Å². The fraction of sp³-hybridized carbons (Fsp3) is 0.318. The minimum absolute atomic E-state index is 0.0581. The first-order valence-electron chi connectivity index (χ1n) is 9.89. The minimum atomic E-state index is -4.61. The number of carbonyl (C=O) groups is 3. The van der Waals surface area contributed by atoms with Crippen molar-refractivity contribution in [1.82, 2.24) is 4.90 Å². The lowest BCUT2D eigenvalue weighted by Gasteiger charge is -2.31. The van der Waals surface area contributed by atoms with E-state index in [9.17, 15) is 31.9 Å². The molecule has 0 saturated carbocycles. The molecule has 2 aromatic rings. The Labute approximate surface area is 181 Å². The van der Waals surface area contributed by atoms with Crippen LogP contribution in [-0.4, -0.2) is 35.7 Å². The fourth-order valence-electron chi connectivity index (χ4n) is 3.48. The summed E-state index contributed by atoms with van der Waals surface area (Å²) >= 11 is 0. The van der Waals surface area contributed by atoms with Gasteiger partial charge in [0.2, 0.25) is 11.8 Å². The molecule has 32 heavy (non-hydrogen) atoms. The molecule has 1 aliphatic rings. The van der Waals surface area contributed by atoms with E-state index >= 15 is 0 Å². The summed E-state index contributed by atoms with van der Waals surface area (Å²) in [6, 6.07) is 7.83. The summed E-state index contributed by atoms with van der Waals surface area (Å²) < 4.78 is 52.3. The van der Waals surface area contributed by atoms with E-state index in [0.29, 0.717) is 18.4 Å². The van der Waals surface area contributed by atoms with Gasteiger partial charge in [0.1, 0.15) is 5.82 Å². The second-order valence-corrected chi connectivity index (χ2v) is 7.50. The number of halogens is 4. The van der Waals surface area contributed by atoms with Crippen LogP contribution in [0.2, 0.25) is 0 Å². The SMILES string of the molecule is CC(=O)Nc1ccc(C(F)(F)F)cc1NC(=O)C1CCN(C(=O)c2ccc(F)cc2)CC1. The summed E-state index contributed by atoms with van der Waals surface area (Å²) in [7, 11) is 0. The molecule has 10 heteroatoms. The molecule has 1 aliphatic heterocycles. The van der Waals surface area contributed by atoms with E-state index in [0.717, 1.165) is 18.2 Å². The van der Waals surface area contributed by atoms with Crippen LogP contribution in [0.5, 0.6) is 0 Å². The van der Waals surface area contributed by atoms with Gasteiger partial charge >= 0.3 is 6.18 Å². The second kappa shape index (κ2) is 9.37. The first kappa shape index (κ1) is 23.2. The summed E-state index contributed by atoms with van der Waals surface area (Å²) in [5.41, 5.74) is -0.715. The summed E-state index contributed by atoms with van der Waals surface area (Å²) in [6.07, 6.45) is -3.99.